The fourth-order valence-corrected chi connectivity index (χ4v) is 1.80. The van der Waals surface area contributed by atoms with E-state index >= 15 is 0 Å². The van der Waals surface area contributed by atoms with E-state index in [4.69, 9.17) is 0 Å². The van der Waals surface area contributed by atoms with Gasteiger partial charge in [-0.1, -0.05) is 0 Å². The normalized spacial score (nSPS) is 10.6. The van der Waals surface area contributed by atoms with Gasteiger partial charge in [-0.3, -0.25) is 20.2 Å². The van der Waals surface area contributed by atoms with Crippen molar-refractivity contribution in [2.75, 3.05) is 14.1 Å². The summed E-state index contributed by atoms with van der Waals surface area (Å²) in [6, 6.07) is 2.18. The van der Waals surface area contributed by atoms with Crippen molar-refractivity contribution in [3.05, 3.63) is 48.6 Å². The summed E-state index contributed by atoms with van der Waals surface area (Å²) in [5.74, 6) is 0. The number of halogens is 1. The van der Waals surface area contributed by atoms with E-state index in [0.29, 0.717) is 10.0 Å². The third-order valence-electron chi connectivity index (χ3n) is 2.04. The van der Waals surface area contributed by atoms with E-state index in [1.807, 2.05) is 0 Å². The topological polar surface area (TPSA) is 89.5 Å². The quantitative estimate of drug-likeness (QED) is 0.629. The Morgan fingerprint density at radius 2 is 1.83 bits per heavy atom. The van der Waals surface area contributed by atoms with Crippen molar-refractivity contribution < 1.29 is 9.85 Å². The van der Waals surface area contributed by atoms with Crippen molar-refractivity contribution in [2.24, 2.45) is 0 Å². The van der Waals surface area contributed by atoms with Crippen LogP contribution < -0.4 is 0 Å². The van der Waals surface area contributed by atoms with Crippen molar-refractivity contribution >= 4 is 33.4 Å². The fourth-order valence-electron chi connectivity index (χ4n) is 1.23. The molecule has 0 radical (unpaired) electrons. The highest BCUT2D eigenvalue weighted by molar-refractivity contribution is 9.10. The smallest absolute Gasteiger partial charge is 0.284 e. The van der Waals surface area contributed by atoms with E-state index < -0.39 is 9.85 Å². The second-order valence-corrected chi connectivity index (χ2v) is 4.51. The first kappa shape index (κ1) is 14.1. The van der Waals surface area contributed by atoms with Gasteiger partial charge in [-0.15, -0.1) is 0 Å². The standard InChI is InChI=1S/C10H10BrN3O4/c1-12(2)4-3-8-9(11)5-7(13(15)16)6-10(8)14(17)18/h3-6H,1-2H3/b4-3+. The van der Waals surface area contributed by atoms with E-state index in [1.54, 1.807) is 25.2 Å². The van der Waals surface area contributed by atoms with Crippen molar-refractivity contribution in [1.82, 2.24) is 4.90 Å². The van der Waals surface area contributed by atoms with Gasteiger partial charge >= 0.3 is 0 Å². The molecule has 7 nitrogen and oxygen atoms in total. The molecule has 0 bridgehead atoms. The molecule has 0 saturated carbocycles. The Kier molecular flexibility index (Phi) is 4.38. The van der Waals surface area contributed by atoms with Crippen molar-refractivity contribution in [3.63, 3.8) is 0 Å². The molecule has 0 saturated heterocycles. The maximum atomic E-state index is 10.9. The van der Waals surface area contributed by atoms with Crippen LogP contribution in [0, 0.1) is 20.2 Å². The molecule has 1 aromatic carbocycles. The molecule has 0 aromatic heterocycles. The van der Waals surface area contributed by atoms with Gasteiger partial charge in [0.25, 0.3) is 11.4 Å². The minimum Gasteiger partial charge on any atom is -0.383 e. The lowest BCUT2D eigenvalue weighted by atomic mass is 10.1. The summed E-state index contributed by atoms with van der Waals surface area (Å²) >= 11 is 3.11. The molecule has 1 rings (SSSR count). The van der Waals surface area contributed by atoms with E-state index in [1.165, 1.54) is 12.1 Å². The van der Waals surface area contributed by atoms with Gasteiger partial charge in [0.1, 0.15) is 0 Å². The van der Waals surface area contributed by atoms with Crippen LogP contribution in [0.1, 0.15) is 5.56 Å². The summed E-state index contributed by atoms with van der Waals surface area (Å²) in [6.45, 7) is 0. The van der Waals surface area contributed by atoms with Crippen LogP contribution in [0.15, 0.2) is 22.8 Å². The number of non-ortho nitro benzene ring substituents is 1. The Bertz CT molecular complexity index is 528. The SMILES string of the molecule is CN(C)/C=C/c1c(Br)cc([N+](=O)[O-])cc1[N+](=O)[O-]. The third kappa shape index (κ3) is 3.27. The lowest BCUT2D eigenvalue weighted by molar-refractivity contribution is -0.394. The predicted molar refractivity (Wildman–Crippen MR) is 70.2 cm³/mol. The van der Waals surface area contributed by atoms with Crippen molar-refractivity contribution in [1.29, 1.82) is 0 Å². The molecule has 0 unspecified atom stereocenters. The Morgan fingerprint density at radius 3 is 2.28 bits per heavy atom. The predicted octanol–water partition coefficient (Wildman–Crippen LogP) is 2.80. The van der Waals surface area contributed by atoms with Crippen LogP contribution >= 0.6 is 15.9 Å². The Labute approximate surface area is 111 Å². The van der Waals surface area contributed by atoms with Gasteiger partial charge in [-0.05, 0) is 28.2 Å². The molecule has 96 valence electrons. The Balaban J connectivity index is 3.41. The molecule has 0 aliphatic rings. The molecule has 0 N–H and O–H groups in total. The molecule has 0 aliphatic carbocycles. The summed E-state index contributed by atoms with van der Waals surface area (Å²) in [5, 5.41) is 21.5. The van der Waals surface area contributed by atoms with E-state index in [9.17, 15) is 20.2 Å². The van der Waals surface area contributed by atoms with Gasteiger partial charge in [0.05, 0.1) is 21.5 Å². The van der Waals surface area contributed by atoms with E-state index in [2.05, 4.69) is 15.9 Å². The number of hydrogen-bond donors (Lipinski definition) is 0. The molecule has 0 fully saturated rings. The minimum absolute atomic E-state index is 0.291. The first-order valence-electron chi connectivity index (χ1n) is 4.80. The number of nitrogens with zero attached hydrogens (tertiary/aromatic N) is 3. The molecule has 0 amide bonds. The molecule has 8 heteroatoms. The number of benzene rings is 1. The van der Waals surface area contributed by atoms with Crippen LogP contribution in [-0.2, 0) is 0 Å². The highest BCUT2D eigenvalue weighted by Gasteiger charge is 2.21. The average molecular weight is 316 g/mol. The fraction of sp³-hybridized carbons (Fsp3) is 0.200. The maximum Gasteiger partial charge on any atom is 0.284 e. The summed E-state index contributed by atoms with van der Waals surface area (Å²) in [6.07, 6.45) is 3.14. The number of nitro benzene ring substituents is 2. The molecular formula is C10H10BrN3O4. The molecule has 1 aromatic rings. The monoisotopic (exact) mass is 315 g/mol. The van der Waals surface area contributed by atoms with Crippen molar-refractivity contribution in [2.45, 2.75) is 0 Å². The maximum absolute atomic E-state index is 10.9. The summed E-state index contributed by atoms with van der Waals surface area (Å²) < 4.78 is 0.307. The zero-order valence-electron chi connectivity index (χ0n) is 9.66. The largest absolute Gasteiger partial charge is 0.383 e. The number of nitro groups is 2. The molecule has 0 aliphatic heterocycles. The molecule has 0 heterocycles. The van der Waals surface area contributed by atoms with Crippen LogP contribution in [-0.4, -0.2) is 28.8 Å². The second-order valence-electron chi connectivity index (χ2n) is 3.65. The third-order valence-corrected chi connectivity index (χ3v) is 2.70. The lowest BCUT2D eigenvalue weighted by Crippen LogP contribution is -2.01. The first-order valence-corrected chi connectivity index (χ1v) is 5.59. The van der Waals surface area contributed by atoms with Gasteiger partial charge in [-0.2, -0.15) is 0 Å². The van der Waals surface area contributed by atoms with Gasteiger partial charge in [-0.25, -0.2) is 0 Å². The number of hydrogen-bond acceptors (Lipinski definition) is 5. The Morgan fingerprint density at radius 1 is 1.22 bits per heavy atom. The van der Waals surface area contributed by atoms with Gasteiger partial charge in [0.15, 0.2) is 0 Å². The van der Waals surface area contributed by atoms with Crippen LogP contribution in [0.3, 0.4) is 0 Å². The average Bonchev–Trinajstić information content (AvgIpc) is 2.25. The second kappa shape index (κ2) is 5.58. The highest BCUT2D eigenvalue weighted by atomic mass is 79.9. The van der Waals surface area contributed by atoms with Crippen LogP contribution in [0.4, 0.5) is 11.4 Å². The first-order chi connectivity index (χ1) is 8.32. The van der Waals surface area contributed by atoms with Crippen LogP contribution in [0.5, 0.6) is 0 Å². The van der Waals surface area contributed by atoms with Crippen LogP contribution in [0.25, 0.3) is 6.08 Å². The Hall–Kier alpha value is -1.96. The van der Waals surface area contributed by atoms with Crippen LogP contribution in [0.2, 0.25) is 0 Å². The van der Waals surface area contributed by atoms with Crippen molar-refractivity contribution in [3.8, 4) is 0 Å². The number of rotatable bonds is 4. The summed E-state index contributed by atoms with van der Waals surface area (Å²) in [5.41, 5.74) is -0.343. The van der Waals surface area contributed by atoms with Gasteiger partial charge in [0.2, 0.25) is 0 Å². The zero-order chi connectivity index (χ0) is 13.9. The van der Waals surface area contributed by atoms with Gasteiger partial charge in [0, 0.05) is 24.6 Å². The molecule has 0 atom stereocenters. The minimum atomic E-state index is -0.669. The van der Waals surface area contributed by atoms with Gasteiger partial charge < -0.3 is 4.90 Å². The lowest BCUT2D eigenvalue weighted by Gasteiger charge is -2.05. The molecular weight excluding hydrogens is 306 g/mol. The zero-order valence-corrected chi connectivity index (χ0v) is 11.2. The highest BCUT2D eigenvalue weighted by Crippen LogP contribution is 2.33. The molecule has 18 heavy (non-hydrogen) atoms. The van der Waals surface area contributed by atoms with E-state index in [0.717, 1.165) is 6.07 Å². The molecule has 0 spiro atoms. The van der Waals surface area contributed by atoms with E-state index in [-0.39, 0.29) is 11.4 Å². The summed E-state index contributed by atoms with van der Waals surface area (Å²) in [7, 11) is 3.53. The summed E-state index contributed by atoms with van der Waals surface area (Å²) in [4.78, 5) is 21.9.